The van der Waals surface area contributed by atoms with Crippen molar-refractivity contribution >= 4 is 29.4 Å². The Morgan fingerprint density at radius 3 is 2.68 bits per heavy atom. The molecule has 28 heavy (non-hydrogen) atoms. The summed E-state index contributed by atoms with van der Waals surface area (Å²) in [5.74, 6) is 2.79. The van der Waals surface area contributed by atoms with Gasteiger partial charge in [-0.3, -0.25) is 9.36 Å². The van der Waals surface area contributed by atoms with Crippen molar-refractivity contribution in [3.63, 3.8) is 0 Å². The Morgan fingerprint density at radius 2 is 1.96 bits per heavy atom. The summed E-state index contributed by atoms with van der Waals surface area (Å²) in [5, 5.41) is 6.70. The second kappa shape index (κ2) is 9.14. The van der Waals surface area contributed by atoms with Crippen LogP contribution in [0.4, 0.5) is 5.82 Å². The maximum atomic E-state index is 11.9. The highest BCUT2D eigenvalue weighted by atomic mass is 35.5. The van der Waals surface area contributed by atoms with Gasteiger partial charge in [0.2, 0.25) is 5.91 Å². The fourth-order valence-electron chi connectivity index (χ4n) is 2.57. The van der Waals surface area contributed by atoms with E-state index in [4.69, 9.17) is 11.6 Å². The molecule has 2 heterocycles. The van der Waals surface area contributed by atoms with E-state index in [2.05, 4.69) is 25.6 Å². The van der Waals surface area contributed by atoms with Crippen LogP contribution in [-0.4, -0.2) is 38.5 Å². The topological polar surface area (TPSA) is 84.7 Å². The zero-order valence-corrected chi connectivity index (χ0v) is 16.4. The van der Waals surface area contributed by atoms with E-state index in [0.29, 0.717) is 29.8 Å². The number of rotatable bonds is 7. The molecule has 2 N–H and O–H groups in total. The number of hydrogen-bond donors (Lipinski definition) is 2. The van der Waals surface area contributed by atoms with Crippen molar-refractivity contribution in [1.29, 1.82) is 0 Å². The van der Waals surface area contributed by atoms with Crippen LogP contribution in [0, 0.1) is 13.8 Å². The highest BCUT2D eigenvalue weighted by Gasteiger charge is 2.06. The Labute approximate surface area is 168 Å². The number of halogens is 1. The van der Waals surface area contributed by atoms with Gasteiger partial charge in [0.1, 0.15) is 23.3 Å². The average Bonchev–Trinajstić information content (AvgIpc) is 3.10. The summed E-state index contributed by atoms with van der Waals surface area (Å²) < 4.78 is 1.89. The van der Waals surface area contributed by atoms with Gasteiger partial charge in [-0.25, -0.2) is 15.0 Å². The number of imidazole rings is 1. The number of carbonyl (C=O) groups is 1. The average molecular weight is 397 g/mol. The van der Waals surface area contributed by atoms with Crippen LogP contribution in [0.25, 0.3) is 11.9 Å². The number of aryl methyl sites for hydroxylation is 2. The van der Waals surface area contributed by atoms with Crippen molar-refractivity contribution in [3.05, 3.63) is 71.0 Å². The summed E-state index contributed by atoms with van der Waals surface area (Å²) >= 11 is 5.84. The first kappa shape index (κ1) is 19.6. The van der Waals surface area contributed by atoms with E-state index in [1.807, 2.05) is 42.8 Å². The summed E-state index contributed by atoms with van der Waals surface area (Å²) in [6, 6.07) is 9.12. The van der Waals surface area contributed by atoms with Gasteiger partial charge in [0, 0.05) is 42.6 Å². The normalized spacial score (nSPS) is 11.0. The molecule has 0 spiro atoms. The molecule has 1 amide bonds. The van der Waals surface area contributed by atoms with Crippen LogP contribution in [0.15, 0.2) is 48.8 Å². The second-order valence-electron chi connectivity index (χ2n) is 6.11. The number of aromatic nitrogens is 4. The Hall–Kier alpha value is -3.19. The molecule has 0 aliphatic carbocycles. The van der Waals surface area contributed by atoms with Crippen LogP contribution in [0.5, 0.6) is 0 Å². The lowest BCUT2D eigenvalue weighted by Crippen LogP contribution is -2.27. The van der Waals surface area contributed by atoms with Crippen LogP contribution < -0.4 is 10.6 Å². The van der Waals surface area contributed by atoms with Gasteiger partial charge < -0.3 is 10.6 Å². The van der Waals surface area contributed by atoms with Crippen molar-refractivity contribution in [1.82, 2.24) is 24.8 Å². The zero-order valence-electron chi connectivity index (χ0n) is 15.7. The Bertz CT molecular complexity index is 981. The van der Waals surface area contributed by atoms with E-state index >= 15 is 0 Å². The van der Waals surface area contributed by atoms with Gasteiger partial charge in [0.15, 0.2) is 0 Å². The van der Waals surface area contributed by atoms with E-state index in [1.165, 1.54) is 6.08 Å². The predicted octanol–water partition coefficient (Wildman–Crippen LogP) is 3.17. The molecule has 0 fully saturated rings. The SMILES string of the molecule is Cc1nc(NCCNC(=O)/C=C/c2ccc(Cl)cc2)cc(-n2ccnc2C)n1. The lowest BCUT2D eigenvalue weighted by molar-refractivity contribution is -0.116. The van der Waals surface area contributed by atoms with Gasteiger partial charge in [-0.05, 0) is 37.6 Å². The number of hydrogen-bond acceptors (Lipinski definition) is 5. The monoisotopic (exact) mass is 396 g/mol. The third-order valence-electron chi connectivity index (χ3n) is 3.92. The Morgan fingerprint density at radius 1 is 1.18 bits per heavy atom. The van der Waals surface area contributed by atoms with Crippen molar-refractivity contribution in [2.24, 2.45) is 0 Å². The third-order valence-corrected chi connectivity index (χ3v) is 4.18. The van der Waals surface area contributed by atoms with Crippen LogP contribution >= 0.6 is 11.6 Å². The van der Waals surface area contributed by atoms with Crippen molar-refractivity contribution in [2.75, 3.05) is 18.4 Å². The molecule has 0 atom stereocenters. The third kappa shape index (κ3) is 5.40. The first-order valence-electron chi connectivity index (χ1n) is 8.82. The summed E-state index contributed by atoms with van der Waals surface area (Å²) in [6.07, 6.45) is 6.83. The second-order valence-corrected chi connectivity index (χ2v) is 6.54. The quantitative estimate of drug-likeness (QED) is 0.473. The minimum Gasteiger partial charge on any atom is -0.368 e. The minimum atomic E-state index is -0.162. The molecular formula is C20H21ClN6O. The smallest absolute Gasteiger partial charge is 0.244 e. The molecule has 0 saturated heterocycles. The van der Waals surface area contributed by atoms with Gasteiger partial charge in [-0.2, -0.15) is 0 Å². The molecule has 2 aromatic heterocycles. The highest BCUT2D eigenvalue weighted by molar-refractivity contribution is 6.30. The minimum absolute atomic E-state index is 0.162. The lowest BCUT2D eigenvalue weighted by atomic mass is 10.2. The van der Waals surface area contributed by atoms with E-state index in [9.17, 15) is 4.79 Å². The first-order chi connectivity index (χ1) is 13.5. The van der Waals surface area contributed by atoms with E-state index in [0.717, 1.165) is 17.2 Å². The van der Waals surface area contributed by atoms with Crippen molar-refractivity contribution in [2.45, 2.75) is 13.8 Å². The number of carbonyl (C=O) groups excluding carboxylic acids is 1. The van der Waals surface area contributed by atoms with Crippen molar-refractivity contribution < 1.29 is 4.79 Å². The Balaban J connectivity index is 1.50. The van der Waals surface area contributed by atoms with Crippen LogP contribution in [0.3, 0.4) is 0 Å². The molecule has 144 valence electrons. The van der Waals surface area contributed by atoms with Crippen LogP contribution in [-0.2, 0) is 4.79 Å². The molecule has 3 aromatic rings. The van der Waals surface area contributed by atoms with Crippen LogP contribution in [0.2, 0.25) is 5.02 Å². The van der Waals surface area contributed by atoms with Gasteiger partial charge in [0.25, 0.3) is 0 Å². The summed E-state index contributed by atoms with van der Waals surface area (Å²) in [4.78, 5) is 24.9. The van der Waals surface area contributed by atoms with Crippen molar-refractivity contribution in [3.8, 4) is 5.82 Å². The van der Waals surface area contributed by atoms with Gasteiger partial charge in [0.05, 0.1) is 0 Å². The maximum absolute atomic E-state index is 11.9. The molecule has 0 aliphatic rings. The molecular weight excluding hydrogens is 376 g/mol. The molecule has 7 nitrogen and oxygen atoms in total. The van der Waals surface area contributed by atoms with E-state index in [1.54, 1.807) is 24.4 Å². The molecule has 0 radical (unpaired) electrons. The molecule has 8 heteroatoms. The molecule has 3 rings (SSSR count). The molecule has 1 aromatic carbocycles. The Kier molecular flexibility index (Phi) is 6.39. The number of amides is 1. The lowest BCUT2D eigenvalue weighted by Gasteiger charge is -2.10. The van der Waals surface area contributed by atoms with Gasteiger partial charge in [-0.1, -0.05) is 23.7 Å². The first-order valence-corrected chi connectivity index (χ1v) is 9.20. The number of anilines is 1. The summed E-state index contributed by atoms with van der Waals surface area (Å²) in [7, 11) is 0. The summed E-state index contributed by atoms with van der Waals surface area (Å²) in [6.45, 7) is 4.76. The van der Waals surface area contributed by atoms with E-state index in [-0.39, 0.29) is 5.91 Å². The number of nitrogens with zero attached hydrogens (tertiary/aromatic N) is 4. The number of nitrogens with one attached hydrogen (secondary N) is 2. The summed E-state index contributed by atoms with van der Waals surface area (Å²) in [5.41, 5.74) is 0.913. The van der Waals surface area contributed by atoms with Gasteiger partial charge >= 0.3 is 0 Å². The molecule has 0 unspecified atom stereocenters. The molecule has 0 aliphatic heterocycles. The molecule has 0 saturated carbocycles. The largest absolute Gasteiger partial charge is 0.368 e. The molecule has 0 bridgehead atoms. The zero-order chi connectivity index (χ0) is 19.9. The number of benzene rings is 1. The standard InChI is InChI=1S/C20H21ClN6O/c1-14-25-18(13-19(26-14)27-12-11-22-15(27)2)23-9-10-24-20(28)8-5-16-3-6-17(21)7-4-16/h3-8,11-13H,9-10H2,1-2H3,(H,24,28)(H,23,25,26)/b8-5+. The predicted molar refractivity (Wildman–Crippen MR) is 111 cm³/mol. The van der Waals surface area contributed by atoms with E-state index < -0.39 is 0 Å². The van der Waals surface area contributed by atoms with Gasteiger partial charge in [-0.15, -0.1) is 0 Å². The highest BCUT2D eigenvalue weighted by Crippen LogP contribution is 2.12. The van der Waals surface area contributed by atoms with Crippen LogP contribution in [0.1, 0.15) is 17.2 Å². The fourth-order valence-corrected chi connectivity index (χ4v) is 2.69. The maximum Gasteiger partial charge on any atom is 0.244 e. The fraction of sp³-hybridized carbons (Fsp3) is 0.200.